The number of piperazine rings is 1. The number of aromatic nitrogens is 1. The van der Waals surface area contributed by atoms with E-state index in [9.17, 15) is 9.90 Å². The summed E-state index contributed by atoms with van der Waals surface area (Å²) in [5, 5.41) is 14.3. The van der Waals surface area contributed by atoms with E-state index in [0.717, 1.165) is 36.8 Å². The van der Waals surface area contributed by atoms with E-state index in [4.69, 9.17) is 9.47 Å². The van der Waals surface area contributed by atoms with Gasteiger partial charge in [-0.1, -0.05) is 56.0 Å². The maximum Gasteiger partial charge on any atom is 0.354 e. The van der Waals surface area contributed by atoms with Crippen LogP contribution in [0.15, 0.2) is 78.9 Å². The Morgan fingerprint density at radius 3 is 2.45 bits per heavy atom. The molecule has 2 bridgehead atoms. The van der Waals surface area contributed by atoms with Gasteiger partial charge in [0.15, 0.2) is 0 Å². The highest BCUT2D eigenvalue weighted by Crippen LogP contribution is 2.31. The summed E-state index contributed by atoms with van der Waals surface area (Å²) < 4.78 is 10.9. The van der Waals surface area contributed by atoms with Gasteiger partial charge in [-0.2, -0.15) is 40.5 Å². The fourth-order valence-corrected chi connectivity index (χ4v) is 5.82. The number of nitrogens with one attached hydrogen (secondary N) is 1. The van der Waals surface area contributed by atoms with Crippen LogP contribution in [0.5, 0.6) is 5.75 Å². The van der Waals surface area contributed by atoms with Gasteiger partial charge in [0.1, 0.15) is 24.2 Å². The van der Waals surface area contributed by atoms with E-state index in [1.807, 2.05) is 18.2 Å². The van der Waals surface area contributed by atoms with Crippen LogP contribution in [0.1, 0.15) is 30.8 Å². The van der Waals surface area contributed by atoms with E-state index in [1.54, 1.807) is 6.07 Å². The van der Waals surface area contributed by atoms with Gasteiger partial charge < -0.3 is 24.5 Å². The van der Waals surface area contributed by atoms with E-state index in [1.165, 1.54) is 23.6 Å². The van der Waals surface area contributed by atoms with Crippen LogP contribution < -0.4 is 9.64 Å². The third kappa shape index (κ3) is 7.41. The molecule has 7 rings (SSSR count). The normalized spacial score (nSPS) is 19.2. The van der Waals surface area contributed by atoms with Gasteiger partial charge >= 0.3 is 5.97 Å². The molecule has 10 heteroatoms. The number of nitrogens with zero attached hydrogens (tertiary/aromatic N) is 2. The maximum atomic E-state index is 11.9. The van der Waals surface area contributed by atoms with Crippen LogP contribution in [0, 0.1) is 0 Å². The third-order valence-electron chi connectivity index (χ3n) is 7.76. The van der Waals surface area contributed by atoms with Gasteiger partial charge in [0.05, 0.1) is 7.11 Å². The highest BCUT2D eigenvalue weighted by molar-refractivity contribution is 7.59. The Bertz CT molecular complexity index is 1490. The van der Waals surface area contributed by atoms with Crippen LogP contribution in [0.4, 0.5) is 5.69 Å². The molecule has 0 amide bonds. The smallest absolute Gasteiger partial charge is 0.354 e. The lowest BCUT2D eigenvalue weighted by Gasteiger charge is -2.48. The van der Waals surface area contributed by atoms with E-state index in [0.29, 0.717) is 30.1 Å². The van der Waals surface area contributed by atoms with Crippen molar-refractivity contribution >= 4 is 73.8 Å². The predicted molar refractivity (Wildman–Crippen MR) is 188 cm³/mol. The molecule has 2 N–H and O–H groups in total. The van der Waals surface area contributed by atoms with E-state index in [-0.39, 0.29) is 54.5 Å². The minimum Gasteiger partial charge on any atom is -0.490 e. The standard InChI is InChI=1S/C31H33N3O4.CH4.3H2S/c1-37-31(36)29-16-27-28(32-29)11-6-12-30(27)38-20-26(35)19-33-17-25-10-5-4-9-24(33)18-34(25)23-14-13-21-7-2-3-8-22(21)15-23;;;;/h2-8,11-16,24-26,32,35H,9-10,17-20H2,1H3;1H4;3*1H2/b5-4-;;;;/t24-,25-,26-;;;;/m0..../s1. The number of anilines is 1. The van der Waals surface area contributed by atoms with E-state index < -0.39 is 12.1 Å². The molecule has 7 nitrogen and oxygen atoms in total. The second kappa shape index (κ2) is 15.6. The second-order valence-electron chi connectivity index (χ2n) is 10.2. The maximum absolute atomic E-state index is 11.9. The highest BCUT2D eigenvalue weighted by atomic mass is 32.1. The minimum absolute atomic E-state index is 0. The van der Waals surface area contributed by atoms with Crippen LogP contribution in [0.3, 0.4) is 0 Å². The van der Waals surface area contributed by atoms with Crippen molar-refractivity contribution in [3.63, 3.8) is 0 Å². The van der Waals surface area contributed by atoms with Crippen molar-refractivity contribution in [3.8, 4) is 5.75 Å². The van der Waals surface area contributed by atoms with Crippen molar-refractivity contribution < 1.29 is 19.4 Å². The van der Waals surface area contributed by atoms with Crippen molar-refractivity contribution in [2.75, 3.05) is 38.3 Å². The number of hydrogen-bond acceptors (Lipinski definition) is 6. The quantitative estimate of drug-likeness (QED) is 0.201. The molecule has 0 saturated carbocycles. The van der Waals surface area contributed by atoms with E-state index in [2.05, 4.69) is 69.4 Å². The number of carbonyl (C=O) groups excluding carboxylic acids is 1. The first kappa shape index (κ1) is 35.4. The largest absolute Gasteiger partial charge is 0.490 e. The predicted octanol–water partition coefficient (Wildman–Crippen LogP) is 5.73. The fraction of sp³-hybridized carbons (Fsp3) is 0.344. The average molecular weight is 630 g/mol. The summed E-state index contributed by atoms with van der Waals surface area (Å²) >= 11 is 0. The number of benzene rings is 3. The first-order valence-corrected chi connectivity index (χ1v) is 13.2. The number of H-pyrrole nitrogens is 1. The van der Waals surface area contributed by atoms with Crippen LogP contribution in [-0.2, 0) is 4.74 Å². The van der Waals surface area contributed by atoms with Gasteiger partial charge in [0, 0.05) is 48.3 Å². The first-order chi connectivity index (χ1) is 18.6. The van der Waals surface area contributed by atoms with Crippen molar-refractivity contribution in [1.29, 1.82) is 0 Å². The highest BCUT2D eigenvalue weighted by Gasteiger charge is 2.35. The van der Waals surface area contributed by atoms with Crippen LogP contribution in [0.25, 0.3) is 21.7 Å². The number of aromatic amines is 1. The molecular weight excluding hydrogens is 587 g/mol. The molecule has 1 saturated heterocycles. The van der Waals surface area contributed by atoms with Crippen molar-refractivity contribution in [2.45, 2.75) is 38.5 Å². The summed E-state index contributed by atoms with van der Waals surface area (Å²) in [5.41, 5.74) is 2.43. The molecule has 0 spiro atoms. The number of aliphatic hydroxyl groups is 1. The van der Waals surface area contributed by atoms with Gasteiger partial charge in [0.2, 0.25) is 0 Å². The molecule has 3 aromatic carbocycles. The number of fused-ring (bicyclic) bond motifs is 6. The van der Waals surface area contributed by atoms with Gasteiger partial charge in [-0.05, 0) is 53.9 Å². The summed E-state index contributed by atoms with van der Waals surface area (Å²) in [7, 11) is 1.36. The number of methoxy groups -OCH3 is 1. The minimum atomic E-state index is -0.636. The molecule has 4 aromatic rings. The SMILES string of the molecule is C.COC(=O)c1cc2c(OC[C@@H](O)CN3C[C@@H]4C/C=C\C[C@H]3CN4c3ccc4ccccc4c3)cccc2[nH]1.S.S.S. The lowest BCUT2D eigenvalue weighted by molar-refractivity contribution is 0.0409. The van der Waals surface area contributed by atoms with Crippen molar-refractivity contribution in [3.05, 3.63) is 84.6 Å². The fourth-order valence-electron chi connectivity index (χ4n) is 5.82. The van der Waals surface area contributed by atoms with Crippen LogP contribution >= 0.6 is 40.5 Å². The average Bonchev–Trinajstić information content (AvgIpc) is 3.37. The Kier molecular flexibility index (Phi) is 13.2. The summed E-state index contributed by atoms with van der Waals surface area (Å²) in [6.07, 6.45) is 5.91. The van der Waals surface area contributed by atoms with Gasteiger partial charge in [0.25, 0.3) is 0 Å². The lowest BCUT2D eigenvalue weighted by atomic mass is 9.96. The van der Waals surface area contributed by atoms with E-state index >= 15 is 0 Å². The topological polar surface area (TPSA) is 78.0 Å². The molecule has 3 atom stereocenters. The van der Waals surface area contributed by atoms with Gasteiger partial charge in [-0.25, -0.2) is 4.79 Å². The van der Waals surface area contributed by atoms with Crippen LogP contribution in [-0.4, -0.2) is 72.5 Å². The molecule has 42 heavy (non-hydrogen) atoms. The Labute approximate surface area is 269 Å². The number of aliphatic hydroxyl groups excluding tert-OH is 1. The lowest BCUT2D eigenvalue weighted by Crippen LogP contribution is -2.60. The molecular formula is C32H43N3O4S3. The molecule has 1 fully saturated rings. The number of rotatable bonds is 7. The number of carbonyl (C=O) groups is 1. The summed E-state index contributed by atoms with van der Waals surface area (Å²) in [6.45, 7) is 2.56. The Hall–Kier alpha value is -2.76. The molecule has 0 radical (unpaired) electrons. The number of ether oxygens (including phenoxy) is 2. The summed E-state index contributed by atoms with van der Waals surface area (Å²) in [5.74, 6) is 0.207. The first-order valence-electron chi connectivity index (χ1n) is 13.2. The zero-order valence-corrected chi connectivity index (χ0v) is 26.0. The van der Waals surface area contributed by atoms with Gasteiger partial charge in [-0.15, -0.1) is 0 Å². The Morgan fingerprint density at radius 2 is 1.69 bits per heavy atom. The Morgan fingerprint density at radius 1 is 0.952 bits per heavy atom. The third-order valence-corrected chi connectivity index (χ3v) is 7.76. The molecule has 4 heterocycles. The summed E-state index contributed by atoms with van der Waals surface area (Å²) in [4.78, 5) is 20.0. The molecule has 3 aliphatic rings. The van der Waals surface area contributed by atoms with Crippen molar-refractivity contribution in [1.82, 2.24) is 9.88 Å². The molecule has 228 valence electrons. The zero-order chi connectivity index (χ0) is 26.1. The van der Waals surface area contributed by atoms with Gasteiger partial charge in [-0.3, -0.25) is 4.90 Å². The monoisotopic (exact) mass is 629 g/mol. The zero-order valence-electron chi connectivity index (χ0n) is 23.0. The molecule has 0 aliphatic carbocycles. The number of hydrogen-bond donors (Lipinski definition) is 2. The molecule has 3 aliphatic heterocycles. The summed E-state index contributed by atoms with van der Waals surface area (Å²) in [6, 6.07) is 23.3. The van der Waals surface area contributed by atoms with Crippen molar-refractivity contribution in [2.24, 2.45) is 0 Å². The molecule has 0 unspecified atom stereocenters. The number of esters is 1. The second-order valence-corrected chi connectivity index (χ2v) is 10.2. The van der Waals surface area contributed by atoms with Crippen LogP contribution in [0.2, 0.25) is 0 Å². The Balaban J connectivity index is 0.00000154. The molecule has 1 aromatic heterocycles.